The van der Waals surface area contributed by atoms with Crippen molar-refractivity contribution in [3.8, 4) is 0 Å². The van der Waals surface area contributed by atoms with Crippen molar-refractivity contribution in [3.63, 3.8) is 0 Å². The highest BCUT2D eigenvalue weighted by molar-refractivity contribution is 5.93. The fraction of sp³-hybridized carbons (Fsp3) is 0.696. The van der Waals surface area contributed by atoms with Crippen molar-refractivity contribution in [1.29, 1.82) is 0 Å². The zero-order valence-electron chi connectivity index (χ0n) is 16.1. The molecule has 0 aliphatic heterocycles. The molecule has 1 fully saturated rings. The van der Waals surface area contributed by atoms with Gasteiger partial charge in [-0.25, -0.2) is 0 Å². The average molecular weight is 341 g/mol. The van der Waals surface area contributed by atoms with E-state index in [4.69, 9.17) is 4.74 Å². The molecule has 0 aromatic rings. The fourth-order valence-corrected chi connectivity index (χ4v) is 6.35. The zero-order chi connectivity index (χ0) is 17.7. The van der Waals surface area contributed by atoms with Crippen molar-refractivity contribution in [1.82, 2.24) is 0 Å². The molecule has 4 rings (SSSR count). The van der Waals surface area contributed by atoms with E-state index in [0.29, 0.717) is 29.0 Å². The summed E-state index contributed by atoms with van der Waals surface area (Å²) in [5.74, 6) is 1.81. The molecular weight excluding hydrogens is 308 g/mol. The van der Waals surface area contributed by atoms with Crippen molar-refractivity contribution in [2.24, 2.45) is 22.7 Å². The molecule has 0 N–H and O–H groups in total. The van der Waals surface area contributed by atoms with Gasteiger partial charge >= 0.3 is 0 Å². The van der Waals surface area contributed by atoms with Gasteiger partial charge in [-0.3, -0.25) is 4.79 Å². The Kier molecular flexibility index (Phi) is 4.30. The number of hydrogen-bond donors (Lipinski definition) is 0. The average Bonchev–Trinajstić information content (AvgIpc) is 2.86. The Labute approximate surface area is 152 Å². The third-order valence-electron chi connectivity index (χ3n) is 8.07. The standard InChI is InChI=1S/C23H32O2/c1-22(11-4-14-25-3)12-10-21-20-7-5-16-15-17(24)6-8-18(16)19(20)9-13-23(21,22)2/h9,13,15,20-21H,4-8,10-12,14H2,1-3H3/t20?,21-,22-,23-/m0/s1. The van der Waals surface area contributed by atoms with Crippen LogP contribution in [0.4, 0.5) is 0 Å². The van der Waals surface area contributed by atoms with Gasteiger partial charge in [0.05, 0.1) is 0 Å². The lowest BCUT2D eigenvalue weighted by Gasteiger charge is -2.49. The number of ether oxygens (including phenoxy) is 1. The Balaban J connectivity index is 1.68. The van der Waals surface area contributed by atoms with Gasteiger partial charge in [0.1, 0.15) is 0 Å². The van der Waals surface area contributed by atoms with Crippen molar-refractivity contribution in [2.75, 3.05) is 13.7 Å². The van der Waals surface area contributed by atoms with Crippen LogP contribution in [0.15, 0.2) is 34.9 Å². The molecule has 1 unspecified atom stereocenters. The molecule has 0 aromatic carbocycles. The molecule has 0 radical (unpaired) electrons. The van der Waals surface area contributed by atoms with Crippen LogP contribution in [0.3, 0.4) is 0 Å². The van der Waals surface area contributed by atoms with E-state index < -0.39 is 0 Å². The zero-order valence-corrected chi connectivity index (χ0v) is 16.1. The highest BCUT2D eigenvalue weighted by Gasteiger charge is 2.56. The van der Waals surface area contributed by atoms with Gasteiger partial charge in [-0.15, -0.1) is 0 Å². The molecule has 0 spiro atoms. The Hall–Kier alpha value is -1.15. The van der Waals surface area contributed by atoms with E-state index in [2.05, 4.69) is 26.0 Å². The maximum Gasteiger partial charge on any atom is 0.156 e. The summed E-state index contributed by atoms with van der Waals surface area (Å²) in [5, 5.41) is 0. The van der Waals surface area contributed by atoms with Crippen LogP contribution in [-0.2, 0) is 9.53 Å². The number of rotatable bonds is 4. The number of carbonyl (C=O) groups excluding carboxylic acids is 1. The molecule has 0 saturated heterocycles. The van der Waals surface area contributed by atoms with Crippen LogP contribution in [0.25, 0.3) is 0 Å². The summed E-state index contributed by atoms with van der Waals surface area (Å²) >= 11 is 0. The second-order valence-electron chi connectivity index (χ2n) is 9.13. The van der Waals surface area contributed by atoms with E-state index >= 15 is 0 Å². The molecule has 1 saturated carbocycles. The predicted molar refractivity (Wildman–Crippen MR) is 101 cm³/mol. The third kappa shape index (κ3) is 2.60. The first-order valence-electron chi connectivity index (χ1n) is 10.1. The molecule has 0 amide bonds. The summed E-state index contributed by atoms with van der Waals surface area (Å²) in [6.45, 7) is 5.91. The minimum absolute atomic E-state index is 0.307. The highest BCUT2D eigenvalue weighted by Crippen LogP contribution is 2.65. The Bertz CT molecular complexity index is 668. The molecule has 0 heterocycles. The number of fused-ring (bicyclic) bond motifs is 4. The van der Waals surface area contributed by atoms with Crippen molar-refractivity contribution in [3.05, 3.63) is 34.9 Å². The Morgan fingerprint density at radius 1 is 1.20 bits per heavy atom. The quantitative estimate of drug-likeness (QED) is 0.640. The van der Waals surface area contributed by atoms with Crippen LogP contribution < -0.4 is 0 Å². The second-order valence-corrected chi connectivity index (χ2v) is 9.13. The normalized spacial score (nSPS) is 39.8. The Morgan fingerprint density at radius 2 is 2.04 bits per heavy atom. The van der Waals surface area contributed by atoms with Crippen LogP contribution in [-0.4, -0.2) is 19.5 Å². The summed E-state index contributed by atoms with van der Waals surface area (Å²) in [6.07, 6.45) is 16.1. The molecule has 4 atom stereocenters. The second kappa shape index (κ2) is 6.23. The van der Waals surface area contributed by atoms with Crippen LogP contribution >= 0.6 is 0 Å². The van der Waals surface area contributed by atoms with E-state index in [0.717, 1.165) is 31.8 Å². The van der Waals surface area contributed by atoms with Gasteiger partial charge in [0.25, 0.3) is 0 Å². The van der Waals surface area contributed by atoms with Gasteiger partial charge in [0.15, 0.2) is 5.78 Å². The van der Waals surface area contributed by atoms with Crippen molar-refractivity contribution < 1.29 is 9.53 Å². The van der Waals surface area contributed by atoms with Crippen LogP contribution in [0.1, 0.15) is 65.2 Å². The van der Waals surface area contributed by atoms with E-state index in [1.54, 1.807) is 5.57 Å². The lowest BCUT2D eigenvalue weighted by atomic mass is 9.55. The molecule has 2 nitrogen and oxygen atoms in total. The van der Waals surface area contributed by atoms with Gasteiger partial charge in [-0.2, -0.15) is 0 Å². The number of allylic oxidation sites excluding steroid dienone is 6. The summed E-state index contributed by atoms with van der Waals surface area (Å²) in [4.78, 5) is 11.8. The third-order valence-corrected chi connectivity index (χ3v) is 8.07. The van der Waals surface area contributed by atoms with Crippen molar-refractivity contribution >= 4 is 5.78 Å². The van der Waals surface area contributed by atoms with Gasteiger partial charge in [0.2, 0.25) is 0 Å². The number of methoxy groups -OCH3 is 1. The van der Waals surface area contributed by atoms with Gasteiger partial charge in [-0.1, -0.05) is 26.0 Å². The maximum absolute atomic E-state index is 11.8. The number of hydrogen-bond acceptors (Lipinski definition) is 2. The van der Waals surface area contributed by atoms with Gasteiger partial charge in [0, 0.05) is 20.1 Å². The molecule has 4 aliphatic rings. The summed E-state index contributed by atoms with van der Waals surface area (Å²) in [5.41, 5.74) is 5.13. The SMILES string of the molecule is COCCC[C@@]1(C)CC[C@H]2C3CCC4=CC(=O)CCC4=C3C=C[C@@]21C. The highest BCUT2D eigenvalue weighted by atomic mass is 16.5. The monoisotopic (exact) mass is 340 g/mol. The van der Waals surface area contributed by atoms with E-state index in [1.165, 1.54) is 36.8 Å². The predicted octanol–water partition coefficient (Wildman–Crippen LogP) is 5.40. The molecule has 4 aliphatic carbocycles. The van der Waals surface area contributed by atoms with Crippen LogP contribution in [0.5, 0.6) is 0 Å². The van der Waals surface area contributed by atoms with Gasteiger partial charge in [-0.05, 0) is 90.4 Å². The Morgan fingerprint density at radius 3 is 2.84 bits per heavy atom. The molecule has 25 heavy (non-hydrogen) atoms. The first kappa shape index (κ1) is 17.3. The molecule has 0 aromatic heterocycles. The van der Waals surface area contributed by atoms with E-state index in [-0.39, 0.29) is 0 Å². The van der Waals surface area contributed by atoms with E-state index in [9.17, 15) is 4.79 Å². The largest absolute Gasteiger partial charge is 0.385 e. The molecule has 2 heteroatoms. The van der Waals surface area contributed by atoms with Crippen LogP contribution in [0, 0.1) is 22.7 Å². The summed E-state index contributed by atoms with van der Waals surface area (Å²) in [6, 6.07) is 0. The lowest BCUT2D eigenvalue weighted by Crippen LogP contribution is -2.41. The first-order chi connectivity index (χ1) is 12.0. The molecule has 0 bridgehead atoms. The smallest absolute Gasteiger partial charge is 0.156 e. The summed E-state index contributed by atoms with van der Waals surface area (Å²) in [7, 11) is 1.81. The topological polar surface area (TPSA) is 26.3 Å². The maximum atomic E-state index is 11.8. The van der Waals surface area contributed by atoms with Crippen LogP contribution in [0.2, 0.25) is 0 Å². The summed E-state index contributed by atoms with van der Waals surface area (Å²) < 4.78 is 5.31. The van der Waals surface area contributed by atoms with Crippen molar-refractivity contribution in [2.45, 2.75) is 65.2 Å². The number of ketones is 1. The van der Waals surface area contributed by atoms with E-state index in [1.807, 2.05) is 13.2 Å². The first-order valence-corrected chi connectivity index (χ1v) is 10.1. The fourth-order valence-electron chi connectivity index (χ4n) is 6.35. The molecule has 136 valence electrons. The lowest BCUT2D eigenvalue weighted by molar-refractivity contribution is -0.114. The minimum Gasteiger partial charge on any atom is -0.385 e. The van der Waals surface area contributed by atoms with Gasteiger partial charge < -0.3 is 4.74 Å². The minimum atomic E-state index is 0.307. The number of carbonyl (C=O) groups is 1. The molecular formula is C23H32O2.